The van der Waals surface area contributed by atoms with E-state index in [1.807, 2.05) is 19.1 Å². The van der Waals surface area contributed by atoms with Gasteiger partial charge in [-0.25, -0.2) is 0 Å². The Hall–Kier alpha value is -2.52. The van der Waals surface area contributed by atoms with E-state index in [1.165, 1.54) is 13.1 Å². The van der Waals surface area contributed by atoms with Gasteiger partial charge in [-0.2, -0.15) is 5.26 Å². The Morgan fingerprint density at radius 1 is 1.25 bits per heavy atom. The average molecular weight is 347 g/mol. The molecule has 24 heavy (non-hydrogen) atoms. The molecule has 6 nitrogen and oxygen atoms in total. The lowest BCUT2D eigenvalue weighted by molar-refractivity contribution is -0.136. The van der Waals surface area contributed by atoms with Gasteiger partial charge in [0.2, 0.25) is 5.91 Å². The summed E-state index contributed by atoms with van der Waals surface area (Å²) in [6.45, 7) is 5.24. The van der Waals surface area contributed by atoms with Gasteiger partial charge in [-0.05, 0) is 24.6 Å². The molecule has 0 aliphatic carbocycles. The lowest BCUT2D eigenvalue weighted by Gasteiger charge is -2.34. The fourth-order valence-electron chi connectivity index (χ4n) is 2.44. The second kappa shape index (κ2) is 7.84. The summed E-state index contributed by atoms with van der Waals surface area (Å²) in [5.41, 5.74) is 1.71. The van der Waals surface area contributed by atoms with E-state index in [4.69, 9.17) is 11.6 Å². The Morgan fingerprint density at radius 3 is 2.46 bits per heavy atom. The maximum absolute atomic E-state index is 12.4. The second-order valence-electron chi connectivity index (χ2n) is 5.57. The third-order valence-electron chi connectivity index (χ3n) is 3.93. The highest BCUT2D eigenvalue weighted by Crippen LogP contribution is 2.20. The zero-order valence-corrected chi connectivity index (χ0v) is 14.4. The van der Waals surface area contributed by atoms with E-state index >= 15 is 0 Å². The van der Waals surface area contributed by atoms with E-state index < -0.39 is 0 Å². The Morgan fingerprint density at radius 2 is 1.88 bits per heavy atom. The van der Waals surface area contributed by atoms with Crippen LogP contribution in [0, 0.1) is 18.3 Å². The molecule has 1 heterocycles. The topological polar surface area (TPSA) is 76.4 Å². The van der Waals surface area contributed by atoms with Crippen molar-refractivity contribution in [3.8, 4) is 6.07 Å². The molecule has 126 valence electrons. The predicted molar refractivity (Wildman–Crippen MR) is 92.3 cm³/mol. The van der Waals surface area contributed by atoms with Gasteiger partial charge in [-0.3, -0.25) is 9.59 Å². The number of nitrogens with one attached hydrogen (secondary N) is 1. The molecule has 2 rings (SSSR count). The van der Waals surface area contributed by atoms with E-state index in [9.17, 15) is 14.9 Å². The van der Waals surface area contributed by atoms with Gasteiger partial charge in [-0.1, -0.05) is 17.7 Å². The van der Waals surface area contributed by atoms with Crippen molar-refractivity contribution in [1.29, 1.82) is 5.26 Å². The van der Waals surface area contributed by atoms with Crippen molar-refractivity contribution >= 4 is 29.1 Å². The van der Waals surface area contributed by atoms with E-state index in [-0.39, 0.29) is 17.4 Å². The average Bonchev–Trinajstić information content (AvgIpc) is 2.58. The summed E-state index contributed by atoms with van der Waals surface area (Å²) in [6.07, 6.45) is 1.40. The molecule has 0 spiro atoms. The van der Waals surface area contributed by atoms with Gasteiger partial charge < -0.3 is 15.1 Å². The smallest absolute Gasteiger partial charge is 0.266 e. The molecule has 0 bridgehead atoms. The van der Waals surface area contributed by atoms with Crippen LogP contribution in [-0.2, 0) is 9.59 Å². The highest BCUT2D eigenvalue weighted by atomic mass is 35.5. The quantitative estimate of drug-likeness (QED) is 0.672. The fraction of sp³-hybridized carbons (Fsp3) is 0.353. The Bertz CT molecular complexity index is 716. The second-order valence-corrected chi connectivity index (χ2v) is 6.01. The van der Waals surface area contributed by atoms with Crippen LogP contribution < -0.4 is 5.32 Å². The molecular weight excluding hydrogens is 328 g/mol. The summed E-state index contributed by atoms with van der Waals surface area (Å²) in [5, 5.41) is 12.8. The third kappa shape index (κ3) is 4.27. The normalized spacial score (nSPS) is 15.0. The first-order valence-corrected chi connectivity index (χ1v) is 7.98. The lowest BCUT2D eigenvalue weighted by atomic mass is 10.2. The van der Waals surface area contributed by atoms with E-state index in [0.29, 0.717) is 31.2 Å². The number of piperazine rings is 1. The number of carbonyl (C=O) groups is 2. The summed E-state index contributed by atoms with van der Waals surface area (Å²) in [4.78, 5) is 27.0. The SMILES string of the molecule is CC(=O)N1CCN(C(=O)/C(C#N)=C\Nc2cc(Cl)ccc2C)CC1. The van der Waals surface area contributed by atoms with Gasteiger partial charge in [0.1, 0.15) is 11.6 Å². The Labute approximate surface area is 146 Å². The van der Waals surface area contributed by atoms with Gasteiger partial charge in [0, 0.05) is 50.0 Å². The number of aryl methyl sites for hydroxylation is 1. The number of hydrogen-bond acceptors (Lipinski definition) is 4. The van der Waals surface area contributed by atoms with Crippen molar-refractivity contribution in [2.75, 3.05) is 31.5 Å². The molecule has 1 aliphatic rings. The number of carbonyl (C=O) groups excluding carboxylic acids is 2. The van der Waals surface area contributed by atoms with Crippen LogP contribution in [0.15, 0.2) is 30.0 Å². The van der Waals surface area contributed by atoms with Gasteiger partial charge in [-0.15, -0.1) is 0 Å². The Kier molecular flexibility index (Phi) is 5.83. The highest BCUT2D eigenvalue weighted by molar-refractivity contribution is 6.30. The Balaban J connectivity index is 2.05. The summed E-state index contributed by atoms with van der Waals surface area (Å²) in [6, 6.07) is 7.29. The number of amides is 2. The van der Waals surface area contributed by atoms with E-state index in [0.717, 1.165) is 11.3 Å². The van der Waals surface area contributed by atoms with Crippen LogP contribution in [0.4, 0.5) is 5.69 Å². The number of halogens is 1. The first kappa shape index (κ1) is 17.8. The van der Waals surface area contributed by atoms with Crippen molar-refractivity contribution in [1.82, 2.24) is 9.80 Å². The van der Waals surface area contributed by atoms with Crippen molar-refractivity contribution in [3.63, 3.8) is 0 Å². The minimum absolute atomic E-state index is 0.00348. The first-order chi connectivity index (χ1) is 11.4. The third-order valence-corrected chi connectivity index (χ3v) is 4.17. The number of hydrogen-bond donors (Lipinski definition) is 1. The number of anilines is 1. The molecule has 0 aromatic heterocycles. The van der Waals surface area contributed by atoms with Crippen LogP contribution in [0.3, 0.4) is 0 Å². The van der Waals surface area contributed by atoms with Crippen LogP contribution in [0.5, 0.6) is 0 Å². The maximum atomic E-state index is 12.4. The molecular formula is C17H19ClN4O2. The van der Waals surface area contributed by atoms with Crippen molar-refractivity contribution in [2.24, 2.45) is 0 Å². The molecule has 7 heteroatoms. The van der Waals surface area contributed by atoms with Gasteiger partial charge >= 0.3 is 0 Å². The summed E-state index contributed by atoms with van der Waals surface area (Å²) in [5.74, 6) is -0.343. The lowest BCUT2D eigenvalue weighted by Crippen LogP contribution is -2.50. The fourth-order valence-corrected chi connectivity index (χ4v) is 2.61. The number of nitriles is 1. The monoisotopic (exact) mass is 346 g/mol. The molecule has 1 saturated heterocycles. The molecule has 0 saturated carbocycles. The van der Waals surface area contributed by atoms with Crippen molar-refractivity contribution in [2.45, 2.75) is 13.8 Å². The number of benzene rings is 1. The summed E-state index contributed by atoms with van der Waals surface area (Å²) in [7, 11) is 0. The van der Waals surface area contributed by atoms with Crippen LogP contribution in [-0.4, -0.2) is 47.8 Å². The van der Waals surface area contributed by atoms with Crippen LogP contribution in [0.2, 0.25) is 5.02 Å². The minimum atomic E-state index is -0.340. The zero-order valence-electron chi connectivity index (χ0n) is 13.7. The molecule has 1 aliphatic heterocycles. The highest BCUT2D eigenvalue weighted by Gasteiger charge is 2.24. The molecule has 2 amide bonds. The largest absolute Gasteiger partial charge is 0.360 e. The van der Waals surface area contributed by atoms with Crippen LogP contribution in [0.1, 0.15) is 12.5 Å². The molecule has 0 atom stereocenters. The van der Waals surface area contributed by atoms with Crippen LogP contribution >= 0.6 is 11.6 Å². The standard InChI is InChI=1S/C17H19ClN4O2/c1-12-3-4-15(18)9-16(12)20-11-14(10-19)17(24)22-7-5-21(6-8-22)13(2)23/h3-4,9,11,20H,5-8H2,1-2H3/b14-11-. The van der Waals surface area contributed by atoms with Gasteiger partial charge in [0.25, 0.3) is 5.91 Å². The molecule has 1 fully saturated rings. The molecule has 1 aromatic carbocycles. The maximum Gasteiger partial charge on any atom is 0.266 e. The molecule has 1 aromatic rings. The van der Waals surface area contributed by atoms with E-state index in [1.54, 1.807) is 21.9 Å². The predicted octanol–water partition coefficient (Wildman–Crippen LogP) is 2.16. The molecule has 0 unspecified atom stereocenters. The van der Waals surface area contributed by atoms with Crippen LogP contribution in [0.25, 0.3) is 0 Å². The number of rotatable bonds is 3. The molecule has 1 N–H and O–H groups in total. The summed E-state index contributed by atoms with van der Waals surface area (Å²) < 4.78 is 0. The van der Waals surface area contributed by atoms with Gasteiger partial charge in [0.05, 0.1) is 0 Å². The van der Waals surface area contributed by atoms with Gasteiger partial charge in [0.15, 0.2) is 0 Å². The zero-order chi connectivity index (χ0) is 17.7. The number of nitrogens with zero attached hydrogens (tertiary/aromatic N) is 3. The minimum Gasteiger partial charge on any atom is -0.360 e. The molecule has 0 radical (unpaired) electrons. The van der Waals surface area contributed by atoms with Crippen molar-refractivity contribution in [3.05, 3.63) is 40.6 Å². The first-order valence-electron chi connectivity index (χ1n) is 7.60. The van der Waals surface area contributed by atoms with Crippen molar-refractivity contribution < 1.29 is 9.59 Å². The van der Waals surface area contributed by atoms with E-state index in [2.05, 4.69) is 5.32 Å². The summed E-state index contributed by atoms with van der Waals surface area (Å²) >= 11 is 5.96.